The van der Waals surface area contributed by atoms with Gasteiger partial charge in [-0.3, -0.25) is 4.98 Å². The number of urea groups is 1. The van der Waals surface area contributed by atoms with E-state index in [4.69, 9.17) is 4.74 Å². The van der Waals surface area contributed by atoms with Crippen LogP contribution in [-0.2, 0) is 4.74 Å². The largest absolute Gasteiger partial charge is 0.371 e. The van der Waals surface area contributed by atoms with E-state index in [0.717, 1.165) is 17.5 Å². The molecule has 0 unspecified atom stereocenters. The number of nitrogens with one attached hydrogen (secondary N) is 1. The van der Waals surface area contributed by atoms with Gasteiger partial charge >= 0.3 is 6.03 Å². The van der Waals surface area contributed by atoms with Gasteiger partial charge < -0.3 is 15.0 Å². The molecular weight excluding hydrogens is 302 g/mol. The Morgan fingerprint density at radius 3 is 2.79 bits per heavy atom. The highest BCUT2D eigenvalue weighted by Crippen LogP contribution is 2.29. The van der Waals surface area contributed by atoms with Crippen molar-refractivity contribution in [2.45, 2.75) is 31.5 Å². The molecule has 2 amide bonds. The highest BCUT2D eigenvalue weighted by molar-refractivity contribution is 5.75. The lowest BCUT2D eigenvalue weighted by Crippen LogP contribution is -2.45. The molecule has 1 aromatic carbocycles. The highest BCUT2D eigenvalue weighted by atomic mass is 16.5. The summed E-state index contributed by atoms with van der Waals surface area (Å²) in [6.07, 6.45) is 4.26. The molecule has 2 aromatic rings. The number of ether oxygens (including phenoxy) is 1. The second-order valence-corrected chi connectivity index (χ2v) is 6.12. The molecular formula is C19H23N3O2. The Labute approximate surface area is 142 Å². The number of hydrogen-bond donors (Lipinski definition) is 1. The molecule has 0 spiro atoms. The van der Waals surface area contributed by atoms with Crippen molar-refractivity contribution in [2.24, 2.45) is 0 Å². The molecule has 0 bridgehead atoms. The van der Waals surface area contributed by atoms with Gasteiger partial charge in [-0.25, -0.2) is 4.79 Å². The topological polar surface area (TPSA) is 54.5 Å². The Bertz CT molecular complexity index is 663. The molecule has 3 rings (SSSR count). The van der Waals surface area contributed by atoms with E-state index in [2.05, 4.69) is 10.3 Å². The van der Waals surface area contributed by atoms with Gasteiger partial charge in [-0.2, -0.15) is 0 Å². The number of amides is 2. The molecule has 1 aliphatic heterocycles. The molecule has 5 heteroatoms. The zero-order valence-corrected chi connectivity index (χ0v) is 14.1. The first kappa shape index (κ1) is 16.5. The van der Waals surface area contributed by atoms with E-state index in [1.165, 1.54) is 0 Å². The second kappa shape index (κ2) is 7.45. The van der Waals surface area contributed by atoms with Crippen molar-refractivity contribution < 1.29 is 9.53 Å². The van der Waals surface area contributed by atoms with Crippen LogP contribution >= 0.6 is 0 Å². The van der Waals surface area contributed by atoms with Gasteiger partial charge in [0, 0.05) is 26.0 Å². The zero-order valence-electron chi connectivity index (χ0n) is 14.1. The van der Waals surface area contributed by atoms with Crippen LogP contribution < -0.4 is 5.32 Å². The minimum Gasteiger partial charge on any atom is -0.371 e. The van der Waals surface area contributed by atoms with Crippen LogP contribution in [0.1, 0.15) is 36.6 Å². The molecule has 126 valence electrons. The molecule has 2 heterocycles. The standard InChI is InChI=1S/C19H23N3O2/c1-14(16-9-6-11-20-13-16)22(2)19(23)21-17-10-12-24-18(17)15-7-4-3-5-8-15/h3-9,11,13-14,17-18H,10,12H2,1-2H3,(H,21,23)/t14-,17-,18-/m1/s1. The fourth-order valence-corrected chi connectivity index (χ4v) is 2.99. The van der Waals surface area contributed by atoms with Gasteiger partial charge in [-0.05, 0) is 30.5 Å². The van der Waals surface area contributed by atoms with E-state index in [1.54, 1.807) is 24.3 Å². The van der Waals surface area contributed by atoms with Gasteiger partial charge in [0.15, 0.2) is 0 Å². The minimum absolute atomic E-state index is 0.0107. The third kappa shape index (κ3) is 3.57. The molecule has 0 aliphatic carbocycles. The average molecular weight is 325 g/mol. The zero-order chi connectivity index (χ0) is 16.9. The molecule has 1 N–H and O–H groups in total. The molecule has 1 fully saturated rings. The summed E-state index contributed by atoms with van der Waals surface area (Å²) in [5, 5.41) is 3.12. The quantitative estimate of drug-likeness (QED) is 0.938. The molecule has 5 nitrogen and oxygen atoms in total. The molecule has 24 heavy (non-hydrogen) atoms. The van der Waals surface area contributed by atoms with E-state index >= 15 is 0 Å². The number of carbonyl (C=O) groups excluding carboxylic acids is 1. The van der Waals surface area contributed by atoms with E-state index in [0.29, 0.717) is 6.61 Å². The first-order valence-corrected chi connectivity index (χ1v) is 8.26. The minimum atomic E-state index is -0.0946. The number of hydrogen-bond acceptors (Lipinski definition) is 3. The summed E-state index contributed by atoms with van der Waals surface area (Å²) in [6, 6.07) is 13.8. The normalized spacial score (nSPS) is 21.2. The summed E-state index contributed by atoms with van der Waals surface area (Å²) >= 11 is 0. The monoisotopic (exact) mass is 325 g/mol. The van der Waals surface area contributed by atoms with E-state index in [1.807, 2.05) is 49.4 Å². The van der Waals surface area contributed by atoms with E-state index in [9.17, 15) is 4.79 Å². The third-order valence-corrected chi connectivity index (χ3v) is 4.60. The Kier molecular flexibility index (Phi) is 5.11. The first-order chi connectivity index (χ1) is 11.7. The highest BCUT2D eigenvalue weighted by Gasteiger charge is 2.32. The van der Waals surface area contributed by atoms with Gasteiger partial charge in [0.05, 0.1) is 12.1 Å². The summed E-state index contributed by atoms with van der Waals surface area (Å²) in [5.41, 5.74) is 2.11. The van der Waals surface area contributed by atoms with Gasteiger partial charge in [0.2, 0.25) is 0 Å². The maximum absolute atomic E-state index is 12.6. The van der Waals surface area contributed by atoms with Crippen molar-refractivity contribution >= 4 is 6.03 Å². The molecule has 1 aliphatic rings. The average Bonchev–Trinajstić information content (AvgIpc) is 3.10. The lowest BCUT2D eigenvalue weighted by atomic mass is 10.0. The predicted molar refractivity (Wildman–Crippen MR) is 92.5 cm³/mol. The second-order valence-electron chi connectivity index (χ2n) is 6.12. The van der Waals surface area contributed by atoms with Gasteiger partial charge in [0.1, 0.15) is 6.10 Å². The fourth-order valence-electron chi connectivity index (χ4n) is 2.99. The van der Waals surface area contributed by atoms with E-state index in [-0.39, 0.29) is 24.2 Å². The molecule has 3 atom stereocenters. The van der Waals surface area contributed by atoms with Crippen LogP contribution in [0.25, 0.3) is 0 Å². The number of pyridine rings is 1. The summed E-state index contributed by atoms with van der Waals surface area (Å²) in [4.78, 5) is 18.5. The Morgan fingerprint density at radius 2 is 2.08 bits per heavy atom. The van der Waals surface area contributed by atoms with Crippen LogP contribution in [0.5, 0.6) is 0 Å². The summed E-state index contributed by atoms with van der Waals surface area (Å²) in [7, 11) is 1.81. The maximum Gasteiger partial charge on any atom is 0.317 e. The number of rotatable bonds is 4. The fraction of sp³-hybridized carbons (Fsp3) is 0.368. The van der Waals surface area contributed by atoms with Crippen molar-refractivity contribution in [3.63, 3.8) is 0 Å². The van der Waals surface area contributed by atoms with Crippen LogP contribution in [0.4, 0.5) is 4.79 Å². The molecule has 0 saturated carbocycles. The van der Waals surface area contributed by atoms with Crippen molar-refractivity contribution in [2.75, 3.05) is 13.7 Å². The SMILES string of the molecule is C[C@H](c1cccnc1)N(C)C(=O)N[C@@H]1CCO[C@@H]1c1ccccc1. The lowest BCUT2D eigenvalue weighted by Gasteiger charge is -2.28. The molecule has 1 saturated heterocycles. The van der Waals surface area contributed by atoms with Gasteiger partial charge in [-0.15, -0.1) is 0 Å². The molecule has 0 radical (unpaired) electrons. The number of carbonyl (C=O) groups is 1. The Balaban J connectivity index is 1.65. The number of benzene rings is 1. The predicted octanol–water partition coefficient (Wildman–Crippen LogP) is 3.31. The summed E-state index contributed by atoms with van der Waals surface area (Å²) < 4.78 is 5.83. The van der Waals surface area contributed by atoms with Crippen molar-refractivity contribution in [3.8, 4) is 0 Å². The van der Waals surface area contributed by atoms with Crippen LogP contribution in [0.3, 0.4) is 0 Å². The maximum atomic E-state index is 12.6. The number of aromatic nitrogens is 1. The van der Waals surface area contributed by atoms with Gasteiger partial charge in [-0.1, -0.05) is 36.4 Å². The van der Waals surface area contributed by atoms with Gasteiger partial charge in [0.25, 0.3) is 0 Å². The third-order valence-electron chi connectivity index (χ3n) is 4.60. The smallest absolute Gasteiger partial charge is 0.317 e. The lowest BCUT2D eigenvalue weighted by molar-refractivity contribution is 0.0978. The van der Waals surface area contributed by atoms with Crippen LogP contribution in [-0.4, -0.2) is 35.6 Å². The van der Waals surface area contributed by atoms with Crippen LogP contribution in [0, 0.1) is 0 Å². The first-order valence-electron chi connectivity index (χ1n) is 8.26. The van der Waals surface area contributed by atoms with Crippen molar-refractivity contribution in [1.82, 2.24) is 15.2 Å². The van der Waals surface area contributed by atoms with Crippen molar-refractivity contribution in [3.05, 3.63) is 66.0 Å². The number of nitrogens with zero attached hydrogens (tertiary/aromatic N) is 2. The Hall–Kier alpha value is -2.40. The van der Waals surface area contributed by atoms with Crippen LogP contribution in [0.2, 0.25) is 0 Å². The van der Waals surface area contributed by atoms with E-state index < -0.39 is 0 Å². The summed E-state index contributed by atoms with van der Waals surface area (Å²) in [5.74, 6) is 0. The Morgan fingerprint density at radius 1 is 1.29 bits per heavy atom. The molecule has 1 aromatic heterocycles. The van der Waals surface area contributed by atoms with Crippen molar-refractivity contribution in [1.29, 1.82) is 0 Å². The van der Waals surface area contributed by atoms with Crippen LogP contribution in [0.15, 0.2) is 54.9 Å². The summed E-state index contributed by atoms with van der Waals surface area (Å²) in [6.45, 7) is 2.66.